The number of hydrogen-bond acceptors (Lipinski definition) is 5. The fraction of sp³-hybridized carbons (Fsp3) is 0.167. The molecule has 0 bridgehead atoms. The molecule has 104 valence electrons. The van der Waals surface area contributed by atoms with Crippen molar-refractivity contribution >= 4 is 11.9 Å². The van der Waals surface area contributed by atoms with Crippen LogP contribution in [0.4, 0.5) is 4.39 Å². The molecule has 2 heterocycles. The van der Waals surface area contributed by atoms with E-state index in [9.17, 15) is 14.0 Å². The fourth-order valence-corrected chi connectivity index (χ4v) is 1.53. The van der Waals surface area contributed by atoms with Gasteiger partial charge in [-0.1, -0.05) is 0 Å². The molecule has 0 saturated heterocycles. The zero-order chi connectivity index (χ0) is 14.7. The van der Waals surface area contributed by atoms with Gasteiger partial charge in [-0.25, -0.2) is 23.6 Å². The van der Waals surface area contributed by atoms with Gasteiger partial charge in [0, 0.05) is 6.20 Å². The van der Waals surface area contributed by atoms with Crippen LogP contribution in [0.5, 0.6) is 0 Å². The lowest BCUT2D eigenvalue weighted by Crippen LogP contribution is -2.09. The van der Waals surface area contributed by atoms with Gasteiger partial charge in [0.25, 0.3) is 0 Å². The highest BCUT2D eigenvalue weighted by Gasteiger charge is 2.17. The van der Waals surface area contributed by atoms with Crippen LogP contribution in [0, 0.1) is 5.82 Å². The average Bonchev–Trinajstić information content (AvgIpc) is 2.88. The number of ether oxygens (including phenoxy) is 1. The molecule has 2 aromatic rings. The third-order valence-corrected chi connectivity index (χ3v) is 2.37. The van der Waals surface area contributed by atoms with Crippen molar-refractivity contribution in [3.63, 3.8) is 0 Å². The monoisotopic (exact) mass is 279 g/mol. The van der Waals surface area contributed by atoms with Gasteiger partial charge in [-0.05, 0) is 13.0 Å². The molecular formula is C12H10FN3O4. The summed E-state index contributed by atoms with van der Waals surface area (Å²) in [5.41, 5.74) is -0.210. The first-order valence-corrected chi connectivity index (χ1v) is 5.64. The van der Waals surface area contributed by atoms with Gasteiger partial charge in [0.15, 0.2) is 5.82 Å². The Morgan fingerprint density at radius 3 is 2.85 bits per heavy atom. The molecule has 0 fully saturated rings. The van der Waals surface area contributed by atoms with E-state index in [2.05, 4.69) is 10.1 Å². The number of rotatable bonds is 4. The van der Waals surface area contributed by atoms with E-state index >= 15 is 0 Å². The molecule has 0 aromatic carbocycles. The van der Waals surface area contributed by atoms with Crippen molar-refractivity contribution in [3.05, 3.63) is 41.6 Å². The van der Waals surface area contributed by atoms with Crippen LogP contribution in [-0.4, -0.2) is 38.4 Å². The highest BCUT2D eigenvalue weighted by molar-refractivity contribution is 5.91. The Hall–Kier alpha value is -2.77. The number of aromatic carboxylic acids is 1. The predicted molar refractivity (Wildman–Crippen MR) is 64.2 cm³/mol. The zero-order valence-electron chi connectivity index (χ0n) is 10.4. The van der Waals surface area contributed by atoms with Crippen LogP contribution in [-0.2, 0) is 4.74 Å². The fourth-order valence-electron chi connectivity index (χ4n) is 1.53. The Bertz CT molecular complexity index is 668. The van der Waals surface area contributed by atoms with Crippen molar-refractivity contribution < 1.29 is 23.8 Å². The molecule has 0 aliphatic rings. The number of pyridine rings is 1. The molecule has 0 aliphatic heterocycles. The van der Waals surface area contributed by atoms with E-state index in [1.807, 2.05) is 0 Å². The predicted octanol–water partition coefficient (Wildman–Crippen LogP) is 1.28. The minimum absolute atomic E-state index is 0.0885. The molecule has 0 spiro atoms. The van der Waals surface area contributed by atoms with Crippen molar-refractivity contribution in [2.75, 3.05) is 6.61 Å². The maximum atomic E-state index is 13.0. The standard InChI is InChI=1S/C12H10FN3O4/c1-2-20-12(19)7-4-15-16(6-7)10-9(11(17)18)3-8(13)5-14-10/h3-6H,2H2,1H3,(H,17,18). The number of carbonyl (C=O) groups is 2. The molecular weight excluding hydrogens is 269 g/mol. The van der Waals surface area contributed by atoms with E-state index < -0.39 is 17.8 Å². The summed E-state index contributed by atoms with van der Waals surface area (Å²) in [6.45, 7) is 1.87. The molecule has 0 atom stereocenters. The molecule has 2 rings (SSSR count). The molecule has 20 heavy (non-hydrogen) atoms. The molecule has 0 aliphatic carbocycles. The number of halogens is 1. The number of carboxylic acids is 1. The SMILES string of the molecule is CCOC(=O)c1cnn(-c2ncc(F)cc2C(=O)O)c1. The maximum absolute atomic E-state index is 13.0. The largest absolute Gasteiger partial charge is 0.478 e. The van der Waals surface area contributed by atoms with Crippen LogP contribution < -0.4 is 0 Å². The Labute approximate surface area is 112 Å². The first-order valence-electron chi connectivity index (χ1n) is 5.64. The summed E-state index contributed by atoms with van der Waals surface area (Å²) in [6.07, 6.45) is 3.35. The van der Waals surface area contributed by atoms with Crippen molar-refractivity contribution in [2.45, 2.75) is 6.92 Å². The van der Waals surface area contributed by atoms with Crippen LogP contribution in [0.1, 0.15) is 27.6 Å². The summed E-state index contributed by atoms with van der Waals surface area (Å²) in [7, 11) is 0. The van der Waals surface area contributed by atoms with Gasteiger partial charge in [0.05, 0.1) is 24.6 Å². The molecule has 1 N–H and O–H groups in total. The summed E-state index contributed by atoms with van der Waals surface area (Å²) in [6, 6.07) is 0.830. The van der Waals surface area contributed by atoms with E-state index in [0.717, 1.165) is 16.9 Å². The van der Waals surface area contributed by atoms with Crippen LogP contribution >= 0.6 is 0 Å². The average molecular weight is 279 g/mol. The minimum atomic E-state index is -1.35. The lowest BCUT2D eigenvalue weighted by molar-refractivity contribution is 0.0526. The van der Waals surface area contributed by atoms with Gasteiger partial charge in [0.1, 0.15) is 11.4 Å². The molecule has 8 heteroatoms. The highest BCUT2D eigenvalue weighted by atomic mass is 19.1. The van der Waals surface area contributed by atoms with Crippen molar-refractivity contribution in [3.8, 4) is 5.82 Å². The molecule has 0 radical (unpaired) electrons. The van der Waals surface area contributed by atoms with E-state index in [0.29, 0.717) is 0 Å². The van der Waals surface area contributed by atoms with Crippen LogP contribution in [0.15, 0.2) is 24.7 Å². The van der Waals surface area contributed by atoms with Crippen LogP contribution in [0.3, 0.4) is 0 Å². The number of aromatic nitrogens is 3. The van der Waals surface area contributed by atoms with E-state index in [-0.39, 0.29) is 23.6 Å². The van der Waals surface area contributed by atoms with Crippen LogP contribution in [0.2, 0.25) is 0 Å². The highest BCUT2D eigenvalue weighted by Crippen LogP contribution is 2.14. The Balaban J connectivity index is 2.42. The quantitative estimate of drug-likeness (QED) is 0.847. The smallest absolute Gasteiger partial charge is 0.341 e. The van der Waals surface area contributed by atoms with Gasteiger partial charge >= 0.3 is 11.9 Å². The number of carbonyl (C=O) groups excluding carboxylic acids is 1. The second-order valence-electron chi connectivity index (χ2n) is 3.72. The van der Waals surface area contributed by atoms with Gasteiger partial charge < -0.3 is 9.84 Å². The molecule has 7 nitrogen and oxygen atoms in total. The molecule has 0 saturated carbocycles. The van der Waals surface area contributed by atoms with Crippen molar-refractivity contribution in [1.82, 2.24) is 14.8 Å². The topological polar surface area (TPSA) is 94.3 Å². The number of esters is 1. The molecule has 2 aromatic heterocycles. The Kier molecular flexibility index (Phi) is 3.74. The summed E-state index contributed by atoms with van der Waals surface area (Å²) in [5.74, 6) is -2.80. The summed E-state index contributed by atoms with van der Waals surface area (Å²) >= 11 is 0. The normalized spacial score (nSPS) is 10.3. The van der Waals surface area contributed by atoms with Gasteiger partial charge in [0.2, 0.25) is 0 Å². The van der Waals surface area contributed by atoms with Gasteiger partial charge in [-0.2, -0.15) is 5.10 Å². The zero-order valence-corrected chi connectivity index (χ0v) is 10.4. The summed E-state index contributed by atoms with van der Waals surface area (Å²) in [4.78, 5) is 26.2. The van der Waals surface area contributed by atoms with E-state index in [1.165, 1.54) is 12.4 Å². The summed E-state index contributed by atoms with van der Waals surface area (Å²) < 4.78 is 18.9. The molecule has 0 amide bonds. The van der Waals surface area contributed by atoms with Crippen molar-refractivity contribution in [2.24, 2.45) is 0 Å². The van der Waals surface area contributed by atoms with E-state index in [4.69, 9.17) is 9.84 Å². The first kappa shape index (κ1) is 13.7. The second kappa shape index (κ2) is 5.47. The number of carboxylic acid groups (broad SMARTS) is 1. The number of nitrogens with zero attached hydrogens (tertiary/aromatic N) is 3. The van der Waals surface area contributed by atoms with Gasteiger partial charge in [-0.15, -0.1) is 0 Å². The number of hydrogen-bond donors (Lipinski definition) is 1. The first-order chi connectivity index (χ1) is 9.52. The Morgan fingerprint density at radius 1 is 1.45 bits per heavy atom. The van der Waals surface area contributed by atoms with Crippen molar-refractivity contribution in [1.29, 1.82) is 0 Å². The molecule has 0 unspecified atom stereocenters. The lowest BCUT2D eigenvalue weighted by Gasteiger charge is -2.04. The maximum Gasteiger partial charge on any atom is 0.341 e. The third kappa shape index (κ3) is 2.63. The van der Waals surface area contributed by atoms with Gasteiger partial charge in [-0.3, -0.25) is 0 Å². The van der Waals surface area contributed by atoms with Crippen LogP contribution in [0.25, 0.3) is 5.82 Å². The Morgan fingerprint density at radius 2 is 2.20 bits per heavy atom. The summed E-state index contributed by atoms with van der Waals surface area (Å²) in [5, 5.41) is 12.8. The third-order valence-electron chi connectivity index (χ3n) is 2.37. The lowest BCUT2D eigenvalue weighted by atomic mass is 10.2. The van der Waals surface area contributed by atoms with E-state index in [1.54, 1.807) is 6.92 Å². The minimum Gasteiger partial charge on any atom is -0.478 e. The second-order valence-corrected chi connectivity index (χ2v) is 3.72.